The second-order valence-electron chi connectivity index (χ2n) is 3.04. The van der Waals surface area contributed by atoms with E-state index in [0.29, 0.717) is 6.61 Å². The van der Waals surface area contributed by atoms with E-state index in [0.717, 1.165) is 32.1 Å². The Balaban J connectivity index is 3.60. The molecule has 0 aliphatic carbocycles. The lowest BCUT2D eigenvalue weighted by atomic mass is 10.2. The molecule has 0 aliphatic rings. The standard InChI is InChI=1S/C10H19NO2/c1-3-5-7-10(11-9-12)13-8-6-4-2/h10H,3-8H2,1-2H3. The number of ether oxygens (including phenoxy) is 1. The first-order chi connectivity index (χ1) is 6.35. The van der Waals surface area contributed by atoms with Crippen molar-refractivity contribution in [1.82, 2.24) is 0 Å². The first-order valence-corrected chi connectivity index (χ1v) is 5.03. The van der Waals surface area contributed by atoms with Crippen LogP contribution in [-0.2, 0) is 9.53 Å². The van der Waals surface area contributed by atoms with Gasteiger partial charge in [0.05, 0.1) is 0 Å². The second kappa shape index (κ2) is 9.43. The molecule has 0 aromatic heterocycles. The summed E-state index contributed by atoms with van der Waals surface area (Å²) in [6.45, 7) is 4.90. The van der Waals surface area contributed by atoms with Crippen molar-refractivity contribution in [3.05, 3.63) is 0 Å². The van der Waals surface area contributed by atoms with Crippen LogP contribution in [0.5, 0.6) is 0 Å². The van der Waals surface area contributed by atoms with Crippen LogP contribution in [0.15, 0.2) is 4.99 Å². The largest absolute Gasteiger partial charge is 0.356 e. The van der Waals surface area contributed by atoms with Crippen molar-refractivity contribution in [2.24, 2.45) is 4.99 Å². The molecule has 1 unspecified atom stereocenters. The van der Waals surface area contributed by atoms with Gasteiger partial charge >= 0.3 is 0 Å². The summed E-state index contributed by atoms with van der Waals surface area (Å²) >= 11 is 0. The Labute approximate surface area is 80.2 Å². The van der Waals surface area contributed by atoms with Crippen LogP contribution < -0.4 is 0 Å². The van der Waals surface area contributed by atoms with Gasteiger partial charge in [0, 0.05) is 6.61 Å². The molecule has 0 fully saturated rings. The first-order valence-electron chi connectivity index (χ1n) is 5.03. The molecule has 3 nitrogen and oxygen atoms in total. The fourth-order valence-corrected chi connectivity index (χ4v) is 0.986. The van der Waals surface area contributed by atoms with Crippen LogP contribution in [0, 0.1) is 0 Å². The first kappa shape index (κ1) is 12.3. The van der Waals surface area contributed by atoms with Crippen LogP contribution >= 0.6 is 0 Å². The SMILES string of the molecule is CCCCOC(CCCC)N=C=O. The predicted molar refractivity (Wildman–Crippen MR) is 52.3 cm³/mol. The molecule has 0 heterocycles. The number of rotatable bonds is 8. The van der Waals surface area contributed by atoms with Gasteiger partial charge in [-0.1, -0.05) is 26.7 Å². The fraction of sp³-hybridized carbons (Fsp3) is 0.900. The Morgan fingerprint density at radius 2 is 2.00 bits per heavy atom. The normalized spacial score (nSPS) is 12.2. The summed E-state index contributed by atoms with van der Waals surface area (Å²) in [5, 5.41) is 0. The van der Waals surface area contributed by atoms with Crippen molar-refractivity contribution in [2.45, 2.75) is 52.2 Å². The van der Waals surface area contributed by atoms with Crippen molar-refractivity contribution in [1.29, 1.82) is 0 Å². The number of aliphatic imine (C=N–C) groups is 1. The second-order valence-corrected chi connectivity index (χ2v) is 3.04. The van der Waals surface area contributed by atoms with Crippen molar-refractivity contribution in [3.8, 4) is 0 Å². The Bertz CT molecular complexity index is 153. The summed E-state index contributed by atoms with van der Waals surface area (Å²) in [7, 11) is 0. The van der Waals surface area contributed by atoms with Gasteiger partial charge in [-0.15, -0.1) is 0 Å². The third-order valence-electron chi connectivity index (χ3n) is 1.81. The molecule has 0 aromatic rings. The molecule has 13 heavy (non-hydrogen) atoms. The molecule has 76 valence electrons. The predicted octanol–water partition coefficient (Wildman–Crippen LogP) is 2.66. The molecule has 0 saturated heterocycles. The molecular weight excluding hydrogens is 166 g/mol. The smallest absolute Gasteiger partial charge is 0.237 e. The van der Waals surface area contributed by atoms with Gasteiger partial charge in [-0.2, -0.15) is 4.99 Å². The maximum atomic E-state index is 10.0. The number of isocyanates is 1. The van der Waals surface area contributed by atoms with Crippen LogP contribution in [0.4, 0.5) is 0 Å². The maximum Gasteiger partial charge on any atom is 0.237 e. The topological polar surface area (TPSA) is 38.7 Å². The zero-order valence-corrected chi connectivity index (χ0v) is 8.58. The third-order valence-corrected chi connectivity index (χ3v) is 1.81. The average Bonchev–Trinajstić information content (AvgIpc) is 2.14. The minimum Gasteiger partial charge on any atom is -0.356 e. The van der Waals surface area contributed by atoms with E-state index in [1.54, 1.807) is 6.08 Å². The monoisotopic (exact) mass is 185 g/mol. The van der Waals surface area contributed by atoms with E-state index in [9.17, 15) is 4.79 Å². The van der Waals surface area contributed by atoms with E-state index in [1.165, 1.54) is 0 Å². The molecule has 0 N–H and O–H groups in total. The molecular formula is C10H19NO2. The molecule has 0 bridgehead atoms. The molecule has 0 aliphatic heterocycles. The summed E-state index contributed by atoms with van der Waals surface area (Å²) in [6.07, 6.45) is 6.39. The number of nitrogens with zero attached hydrogens (tertiary/aromatic N) is 1. The van der Waals surface area contributed by atoms with Gasteiger partial charge in [-0.25, -0.2) is 4.79 Å². The summed E-state index contributed by atoms with van der Waals surface area (Å²) in [5.41, 5.74) is 0. The molecule has 0 saturated carbocycles. The number of unbranched alkanes of at least 4 members (excludes halogenated alkanes) is 2. The van der Waals surface area contributed by atoms with Gasteiger partial charge in [-0.3, -0.25) is 0 Å². The number of carbonyl (C=O) groups excluding carboxylic acids is 1. The van der Waals surface area contributed by atoms with Crippen molar-refractivity contribution < 1.29 is 9.53 Å². The quantitative estimate of drug-likeness (QED) is 0.331. The minimum absolute atomic E-state index is 0.260. The molecule has 1 atom stereocenters. The van der Waals surface area contributed by atoms with E-state index < -0.39 is 0 Å². The summed E-state index contributed by atoms with van der Waals surface area (Å²) in [4.78, 5) is 13.6. The van der Waals surface area contributed by atoms with Crippen LogP contribution in [0.2, 0.25) is 0 Å². The van der Waals surface area contributed by atoms with Gasteiger partial charge in [-0.05, 0) is 19.3 Å². The van der Waals surface area contributed by atoms with Crippen molar-refractivity contribution >= 4 is 6.08 Å². The zero-order chi connectivity index (χ0) is 9.94. The highest BCUT2D eigenvalue weighted by Gasteiger charge is 2.04. The maximum absolute atomic E-state index is 10.0. The lowest BCUT2D eigenvalue weighted by molar-refractivity contribution is 0.0504. The molecule has 3 heteroatoms. The highest BCUT2D eigenvalue weighted by molar-refractivity contribution is 5.33. The lowest BCUT2D eigenvalue weighted by Gasteiger charge is -2.10. The summed E-state index contributed by atoms with van der Waals surface area (Å²) in [5.74, 6) is 0. The average molecular weight is 185 g/mol. The van der Waals surface area contributed by atoms with Crippen LogP contribution in [0.25, 0.3) is 0 Å². The fourth-order valence-electron chi connectivity index (χ4n) is 0.986. The molecule has 0 radical (unpaired) electrons. The molecule has 0 spiro atoms. The van der Waals surface area contributed by atoms with Gasteiger partial charge in [0.25, 0.3) is 0 Å². The Morgan fingerprint density at radius 3 is 2.54 bits per heavy atom. The molecule has 0 amide bonds. The van der Waals surface area contributed by atoms with Crippen LogP contribution in [-0.4, -0.2) is 18.9 Å². The highest BCUT2D eigenvalue weighted by atomic mass is 16.5. The summed E-state index contributed by atoms with van der Waals surface area (Å²) in [6, 6.07) is 0. The lowest BCUT2D eigenvalue weighted by Crippen LogP contribution is -2.10. The van der Waals surface area contributed by atoms with Crippen molar-refractivity contribution in [2.75, 3.05) is 6.61 Å². The Kier molecular flexibility index (Phi) is 8.95. The minimum atomic E-state index is -0.260. The highest BCUT2D eigenvalue weighted by Crippen LogP contribution is 2.06. The zero-order valence-electron chi connectivity index (χ0n) is 8.58. The van der Waals surface area contributed by atoms with E-state index in [2.05, 4.69) is 18.8 Å². The van der Waals surface area contributed by atoms with Gasteiger partial charge < -0.3 is 4.74 Å². The van der Waals surface area contributed by atoms with Gasteiger partial charge in [0.15, 0.2) is 6.23 Å². The molecule has 0 rings (SSSR count). The van der Waals surface area contributed by atoms with E-state index in [4.69, 9.17) is 4.74 Å². The van der Waals surface area contributed by atoms with Gasteiger partial charge in [0.1, 0.15) is 0 Å². The van der Waals surface area contributed by atoms with Gasteiger partial charge in [0.2, 0.25) is 6.08 Å². The van der Waals surface area contributed by atoms with E-state index >= 15 is 0 Å². The van der Waals surface area contributed by atoms with Crippen LogP contribution in [0.1, 0.15) is 46.0 Å². The molecule has 0 aromatic carbocycles. The van der Waals surface area contributed by atoms with E-state index in [-0.39, 0.29) is 6.23 Å². The van der Waals surface area contributed by atoms with E-state index in [1.807, 2.05) is 0 Å². The van der Waals surface area contributed by atoms with Crippen molar-refractivity contribution in [3.63, 3.8) is 0 Å². The number of hydrogen-bond donors (Lipinski definition) is 0. The van der Waals surface area contributed by atoms with Crippen LogP contribution in [0.3, 0.4) is 0 Å². The third kappa shape index (κ3) is 7.69. The Morgan fingerprint density at radius 1 is 1.31 bits per heavy atom. The Hall–Kier alpha value is -0.660. The summed E-state index contributed by atoms with van der Waals surface area (Å²) < 4.78 is 5.40. The number of hydrogen-bond acceptors (Lipinski definition) is 3.